The van der Waals surface area contributed by atoms with Crippen molar-refractivity contribution >= 4 is 11.9 Å². The van der Waals surface area contributed by atoms with Crippen LogP contribution in [0.4, 0.5) is 0 Å². The van der Waals surface area contributed by atoms with Gasteiger partial charge in [0.1, 0.15) is 0 Å². The first-order valence-corrected chi connectivity index (χ1v) is 6.60. The Balaban J connectivity index is 5.32. The largest absolute Gasteiger partial charge is 0.469 e. The van der Waals surface area contributed by atoms with Gasteiger partial charge < -0.3 is 9.47 Å². The second kappa shape index (κ2) is 8.11. The topological polar surface area (TPSA) is 52.6 Å². The molecule has 4 unspecified atom stereocenters. The quantitative estimate of drug-likeness (QED) is 0.659. The Labute approximate surface area is 110 Å². The number of hydrogen-bond acceptors (Lipinski definition) is 4. The average molecular weight is 258 g/mol. The lowest BCUT2D eigenvalue weighted by atomic mass is 9.74. The van der Waals surface area contributed by atoms with Crippen LogP contribution >= 0.6 is 0 Å². The summed E-state index contributed by atoms with van der Waals surface area (Å²) < 4.78 is 9.72. The predicted octanol–water partition coefficient (Wildman–Crippen LogP) is 2.66. The fraction of sp³-hybridized carbons (Fsp3) is 0.857. The highest BCUT2D eigenvalue weighted by atomic mass is 16.5. The summed E-state index contributed by atoms with van der Waals surface area (Å²) in [7, 11) is 2.73. The number of ether oxygens (including phenoxy) is 2. The van der Waals surface area contributed by atoms with Crippen molar-refractivity contribution in [3.63, 3.8) is 0 Å². The lowest BCUT2D eigenvalue weighted by molar-refractivity contribution is -0.162. The molecule has 0 aliphatic carbocycles. The monoisotopic (exact) mass is 258 g/mol. The van der Waals surface area contributed by atoms with E-state index >= 15 is 0 Å². The molecule has 0 aliphatic heterocycles. The van der Waals surface area contributed by atoms with Crippen LogP contribution in [0.25, 0.3) is 0 Å². The number of methoxy groups -OCH3 is 2. The molecule has 0 bridgehead atoms. The highest BCUT2D eigenvalue weighted by Crippen LogP contribution is 2.33. The van der Waals surface area contributed by atoms with Crippen molar-refractivity contribution in [2.24, 2.45) is 23.7 Å². The minimum Gasteiger partial charge on any atom is -0.469 e. The van der Waals surface area contributed by atoms with E-state index in [1.807, 2.05) is 27.7 Å². The van der Waals surface area contributed by atoms with Crippen LogP contribution < -0.4 is 0 Å². The van der Waals surface area contributed by atoms with Crippen molar-refractivity contribution in [3.8, 4) is 0 Å². The summed E-state index contributed by atoms with van der Waals surface area (Å²) in [6, 6.07) is 0. The summed E-state index contributed by atoms with van der Waals surface area (Å²) >= 11 is 0. The SMILES string of the molecule is CCC(C)C(C(=O)OC)C(C(=O)OC)C(C)CC. The van der Waals surface area contributed by atoms with Crippen molar-refractivity contribution in [2.45, 2.75) is 40.5 Å². The molecule has 0 spiro atoms. The molecular formula is C14H26O4. The minimum absolute atomic E-state index is 0.0931. The zero-order valence-corrected chi connectivity index (χ0v) is 12.4. The maximum absolute atomic E-state index is 12.0. The molecule has 0 heterocycles. The average Bonchev–Trinajstić information content (AvgIpc) is 2.41. The van der Waals surface area contributed by atoms with E-state index in [9.17, 15) is 9.59 Å². The standard InChI is InChI=1S/C14H26O4/c1-7-9(3)11(13(15)17-5)12(10(4)8-2)14(16)18-6/h9-12H,7-8H2,1-6H3. The fourth-order valence-corrected chi connectivity index (χ4v) is 2.25. The van der Waals surface area contributed by atoms with Crippen molar-refractivity contribution in [3.05, 3.63) is 0 Å². The van der Waals surface area contributed by atoms with Gasteiger partial charge in [0.2, 0.25) is 0 Å². The van der Waals surface area contributed by atoms with Crippen molar-refractivity contribution < 1.29 is 19.1 Å². The second-order valence-corrected chi connectivity index (χ2v) is 4.87. The zero-order chi connectivity index (χ0) is 14.3. The third-order valence-corrected chi connectivity index (χ3v) is 3.85. The van der Waals surface area contributed by atoms with Gasteiger partial charge in [-0.1, -0.05) is 40.5 Å². The molecule has 106 valence electrons. The summed E-state index contributed by atoms with van der Waals surface area (Å²) in [4.78, 5) is 23.9. The van der Waals surface area contributed by atoms with Gasteiger partial charge in [0.15, 0.2) is 0 Å². The van der Waals surface area contributed by atoms with Crippen LogP contribution in [-0.4, -0.2) is 26.2 Å². The van der Waals surface area contributed by atoms with Gasteiger partial charge in [0.25, 0.3) is 0 Å². The normalized spacial score (nSPS) is 17.4. The van der Waals surface area contributed by atoms with Crippen molar-refractivity contribution in [2.75, 3.05) is 14.2 Å². The molecule has 0 N–H and O–H groups in total. The molecule has 0 rings (SSSR count). The number of hydrogen-bond donors (Lipinski definition) is 0. The van der Waals surface area contributed by atoms with Gasteiger partial charge in [-0.2, -0.15) is 0 Å². The van der Waals surface area contributed by atoms with Gasteiger partial charge in [-0.05, 0) is 11.8 Å². The molecule has 18 heavy (non-hydrogen) atoms. The predicted molar refractivity (Wildman–Crippen MR) is 69.9 cm³/mol. The Hall–Kier alpha value is -1.06. The molecular weight excluding hydrogens is 232 g/mol. The summed E-state index contributed by atoms with van der Waals surface area (Å²) in [6.45, 7) is 7.96. The van der Waals surface area contributed by atoms with E-state index in [0.717, 1.165) is 12.8 Å². The highest BCUT2D eigenvalue weighted by molar-refractivity contribution is 5.82. The summed E-state index contributed by atoms with van der Waals surface area (Å²) in [5.41, 5.74) is 0. The molecule has 0 fully saturated rings. The minimum atomic E-state index is -0.428. The van der Waals surface area contributed by atoms with E-state index in [2.05, 4.69) is 0 Å². The molecule has 4 atom stereocenters. The van der Waals surface area contributed by atoms with Gasteiger partial charge in [-0.15, -0.1) is 0 Å². The van der Waals surface area contributed by atoms with E-state index in [1.165, 1.54) is 14.2 Å². The van der Waals surface area contributed by atoms with Crippen LogP contribution in [0.3, 0.4) is 0 Å². The molecule has 0 saturated carbocycles. The van der Waals surface area contributed by atoms with Crippen LogP contribution in [0.15, 0.2) is 0 Å². The summed E-state index contributed by atoms with van der Waals surface area (Å²) in [6.07, 6.45) is 1.65. The first-order chi connectivity index (χ1) is 8.44. The number of carbonyl (C=O) groups is 2. The smallest absolute Gasteiger partial charge is 0.309 e. The molecule has 0 aromatic carbocycles. The molecule has 0 radical (unpaired) electrons. The molecule has 0 aliphatic rings. The zero-order valence-electron chi connectivity index (χ0n) is 12.4. The maximum Gasteiger partial charge on any atom is 0.309 e. The molecule has 0 saturated heterocycles. The molecule has 0 aromatic heterocycles. The van der Waals surface area contributed by atoms with Gasteiger partial charge in [0.05, 0.1) is 26.1 Å². The van der Waals surface area contributed by atoms with Crippen LogP contribution in [0.1, 0.15) is 40.5 Å². The first kappa shape index (κ1) is 16.9. The van der Waals surface area contributed by atoms with Crippen LogP contribution in [0, 0.1) is 23.7 Å². The first-order valence-electron chi connectivity index (χ1n) is 6.60. The number of carbonyl (C=O) groups excluding carboxylic acids is 2. The lowest BCUT2D eigenvalue weighted by Crippen LogP contribution is -2.39. The molecule has 0 aromatic rings. The third-order valence-electron chi connectivity index (χ3n) is 3.85. The van der Waals surface area contributed by atoms with Gasteiger partial charge in [-0.25, -0.2) is 0 Å². The van der Waals surface area contributed by atoms with E-state index in [-0.39, 0.29) is 23.8 Å². The lowest BCUT2D eigenvalue weighted by Gasteiger charge is -2.31. The van der Waals surface area contributed by atoms with Gasteiger partial charge in [0, 0.05) is 0 Å². The Morgan fingerprint density at radius 3 is 1.28 bits per heavy atom. The third kappa shape index (κ3) is 4.00. The Morgan fingerprint density at radius 2 is 1.11 bits per heavy atom. The van der Waals surface area contributed by atoms with E-state index < -0.39 is 11.8 Å². The second-order valence-electron chi connectivity index (χ2n) is 4.87. The van der Waals surface area contributed by atoms with E-state index in [4.69, 9.17) is 9.47 Å². The summed E-state index contributed by atoms with van der Waals surface area (Å²) in [5, 5.41) is 0. The fourth-order valence-electron chi connectivity index (χ4n) is 2.25. The maximum atomic E-state index is 12.0. The molecule has 0 amide bonds. The Kier molecular flexibility index (Phi) is 7.64. The molecule has 4 nitrogen and oxygen atoms in total. The highest BCUT2D eigenvalue weighted by Gasteiger charge is 2.41. The Morgan fingerprint density at radius 1 is 0.833 bits per heavy atom. The van der Waals surface area contributed by atoms with Crippen molar-refractivity contribution in [1.29, 1.82) is 0 Å². The number of rotatable bonds is 7. The van der Waals surface area contributed by atoms with Crippen LogP contribution in [0.2, 0.25) is 0 Å². The van der Waals surface area contributed by atoms with Gasteiger partial charge in [-0.3, -0.25) is 9.59 Å². The Bertz CT molecular complexity index is 247. The van der Waals surface area contributed by atoms with E-state index in [0.29, 0.717) is 0 Å². The molecule has 4 heteroatoms. The van der Waals surface area contributed by atoms with Crippen LogP contribution in [0.5, 0.6) is 0 Å². The van der Waals surface area contributed by atoms with Crippen LogP contribution in [-0.2, 0) is 19.1 Å². The van der Waals surface area contributed by atoms with E-state index in [1.54, 1.807) is 0 Å². The van der Waals surface area contributed by atoms with Crippen molar-refractivity contribution in [1.82, 2.24) is 0 Å². The van der Waals surface area contributed by atoms with Gasteiger partial charge >= 0.3 is 11.9 Å². The summed E-state index contributed by atoms with van der Waals surface area (Å²) in [5.74, 6) is -1.31. The number of esters is 2.